The van der Waals surface area contributed by atoms with Crippen molar-refractivity contribution in [3.63, 3.8) is 0 Å². The predicted molar refractivity (Wildman–Crippen MR) is 72.3 cm³/mol. The molecule has 2 aliphatic rings. The van der Waals surface area contributed by atoms with Crippen LogP contribution >= 0.6 is 0 Å². The molecule has 1 saturated heterocycles. The smallest absolute Gasteiger partial charge is 0.399 e. The van der Waals surface area contributed by atoms with Crippen LogP contribution in [0.5, 0.6) is 0 Å². The molecule has 0 spiro atoms. The highest BCUT2D eigenvalue weighted by atomic mass is 19.3. The predicted octanol–water partition coefficient (Wildman–Crippen LogP) is 2.50. The molecule has 1 aromatic rings. The van der Waals surface area contributed by atoms with Crippen molar-refractivity contribution in [3.8, 4) is 0 Å². The van der Waals surface area contributed by atoms with Crippen molar-refractivity contribution < 1.29 is 18.1 Å². The van der Waals surface area contributed by atoms with Gasteiger partial charge in [0, 0.05) is 18.3 Å². The van der Waals surface area contributed by atoms with Gasteiger partial charge in [-0.25, -0.2) is 8.78 Å². The minimum Gasteiger partial charge on any atom is -0.399 e. The van der Waals surface area contributed by atoms with Crippen LogP contribution in [0.1, 0.15) is 45.7 Å². The van der Waals surface area contributed by atoms with Crippen molar-refractivity contribution in [2.24, 2.45) is 0 Å². The summed E-state index contributed by atoms with van der Waals surface area (Å²) in [6, 6.07) is 3.43. The Morgan fingerprint density at radius 3 is 2.25 bits per heavy atom. The highest BCUT2D eigenvalue weighted by molar-refractivity contribution is 6.62. The lowest BCUT2D eigenvalue weighted by Gasteiger charge is -2.32. The minimum absolute atomic E-state index is 0.118. The summed E-state index contributed by atoms with van der Waals surface area (Å²) in [5, 5.41) is 0. The summed E-state index contributed by atoms with van der Waals surface area (Å²) in [5.41, 5.74) is 0.286. The Balaban J connectivity index is 1.84. The first-order chi connectivity index (χ1) is 9.12. The largest absolute Gasteiger partial charge is 0.494 e. The zero-order valence-electron chi connectivity index (χ0n) is 12.1. The lowest BCUT2D eigenvalue weighted by Crippen LogP contribution is -2.41. The molecule has 1 aromatic heterocycles. The van der Waals surface area contributed by atoms with Crippen LogP contribution in [0.15, 0.2) is 18.3 Å². The monoisotopic (exact) mass is 281 g/mol. The van der Waals surface area contributed by atoms with E-state index in [4.69, 9.17) is 9.31 Å². The fourth-order valence-electron chi connectivity index (χ4n) is 2.32. The number of hydrogen-bond acceptors (Lipinski definition) is 3. The van der Waals surface area contributed by atoms with Crippen molar-refractivity contribution in [2.75, 3.05) is 0 Å². The molecule has 2 heterocycles. The number of halogens is 2. The molecule has 2 fully saturated rings. The SMILES string of the molecule is CC1(C)OB(c2ccnc(C3CC3(F)F)c2)OC1(C)C. The first-order valence-corrected chi connectivity index (χ1v) is 6.82. The summed E-state index contributed by atoms with van der Waals surface area (Å²) in [6.07, 6.45) is 1.43. The van der Waals surface area contributed by atoms with Crippen molar-refractivity contribution >= 4 is 12.6 Å². The van der Waals surface area contributed by atoms with Gasteiger partial charge >= 0.3 is 7.12 Å². The zero-order chi connectivity index (χ0) is 14.8. The summed E-state index contributed by atoms with van der Waals surface area (Å²) >= 11 is 0. The van der Waals surface area contributed by atoms with E-state index in [2.05, 4.69) is 4.98 Å². The zero-order valence-corrected chi connectivity index (χ0v) is 12.1. The topological polar surface area (TPSA) is 31.4 Å². The van der Waals surface area contributed by atoms with Crippen LogP contribution in [0.2, 0.25) is 0 Å². The average molecular weight is 281 g/mol. The van der Waals surface area contributed by atoms with Gasteiger partial charge in [0.1, 0.15) is 0 Å². The van der Waals surface area contributed by atoms with Gasteiger partial charge in [0.05, 0.1) is 17.1 Å². The highest BCUT2D eigenvalue weighted by Crippen LogP contribution is 2.54. The van der Waals surface area contributed by atoms with E-state index in [0.29, 0.717) is 5.69 Å². The maximum atomic E-state index is 13.1. The van der Waals surface area contributed by atoms with E-state index in [9.17, 15) is 8.78 Å². The fourth-order valence-corrected chi connectivity index (χ4v) is 2.32. The second kappa shape index (κ2) is 4.01. The maximum Gasteiger partial charge on any atom is 0.494 e. The molecule has 0 radical (unpaired) electrons. The lowest BCUT2D eigenvalue weighted by molar-refractivity contribution is 0.00578. The van der Waals surface area contributed by atoms with Gasteiger partial charge in [-0.3, -0.25) is 4.98 Å². The lowest BCUT2D eigenvalue weighted by atomic mass is 9.79. The fraction of sp³-hybridized carbons (Fsp3) is 0.643. The molecule has 0 amide bonds. The third-order valence-electron chi connectivity index (χ3n) is 4.51. The Kier molecular flexibility index (Phi) is 2.80. The van der Waals surface area contributed by atoms with Crippen molar-refractivity contribution in [3.05, 3.63) is 24.0 Å². The van der Waals surface area contributed by atoms with E-state index in [-0.39, 0.29) is 6.42 Å². The van der Waals surface area contributed by atoms with E-state index in [1.807, 2.05) is 27.7 Å². The first-order valence-electron chi connectivity index (χ1n) is 6.82. The van der Waals surface area contributed by atoms with Gasteiger partial charge in [0.2, 0.25) is 0 Å². The molecule has 1 aliphatic heterocycles. The van der Waals surface area contributed by atoms with Gasteiger partial charge in [0.15, 0.2) is 0 Å². The van der Waals surface area contributed by atoms with E-state index in [1.54, 1.807) is 18.3 Å². The van der Waals surface area contributed by atoms with Crippen LogP contribution in [0.25, 0.3) is 0 Å². The van der Waals surface area contributed by atoms with Crippen LogP contribution in [0, 0.1) is 0 Å². The summed E-state index contributed by atoms with van der Waals surface area (Å²) < 4.78 is 38.1. The van der Waals surface area contributed by atoms with Gasteiger partial charge in [-0.2, -0.15) is 0 Å². The molecular formula is C14H18BF2NO2. The van der Waals surface area contributed by atoms with Gasteiger partial charge < -0.3 is 9.31 Å². The third kappa shape index (κ3) is 2.15. The molecule has 3 rings (SSSR count). The number of aromatic nitrogens is 1. The molecule has 1 saturated carbocycles. The number of nitrogens with zero attached hydrogens (tertiary/aromatic N) is 1. The number of rotatable bonds is 2. The quantitative estimate of drug-likeness (QED) is 0.780. The second-order valence-corrected chi connectivity index (χ2v) is 6.62. The molecular weight excluding hydrogens is 263 g/mol. The molecule has 1 aliphatic carbocycles. The van der Waals surface area contributed by atoms with Crippen LogP contribution < -0.4 is 5.46 Å². The Morgan fingerprint density at radius 1 is 1.20 bits per heavy atom. The number of hydrogen-bond donors (Lipinski definition) is 0. The van der Waals surface area contributed by atoms with Crippen LogP contribution in [0.4, 0.5) is 8.78 Å². The minimum atomic E-state index is -2.61. The Bertz CT molecular complexity index is 532. The molecule has 0 aromatic carbocycles. The maximum absolute atomic E-state index is 13.1. The molecule has 0 bridgehead atoms. The van der Waals surface area contributed by atoms with E-state index >= 15 is 0 Å². The second-order valence-electron chi connectivity index (χ2n) is 6.62. The summed E-state index contributed by atoms with van der Waals surface area (Å²) in [6.45, 7) is 7.85. The normalized spacial score (nSPS) is 29.5. The molecule has 0 N–H and O–H groups in total. The third-order valence-corrected chi connectivity index (χ3v) is 4.51. The van der Waals surface area contributed by atoms with Crippen molar-refractivity contribution in [2.45, 2.75) is 57.2 Å². The van der Waals surface area contributed by atoms with E-state index in [0.717, 1.165) is 5.46 Å². The van der Waals surface area contributed by atoms with Crippen LogP contribution in [0.3, 0.4) is 0 Å². The Hall–Kier alpha value is -1.01. The summed E-state index contributed by atoms with van der Waals surface area (Å²) in [4.78, 5) is 4.05. The van der Waals surface area contributed by atoms with Gasteiger partial charge in [-0.1, -0.05) is 0 Å². The molecule has 6 heteroatoms. The van der Waals surface area contributed by atoms with Crippen molar-refractivity contribution in [1.29, 1.82) is 0 Å². The number of alkyl halides is 2. The molecule has 1 unspecified atom stereocenters. The van der Waals surface area contributed by atoms with Gasteiger partial charge in [-0.15, -0.1) is 0 Å². The molecule has 108 valence electrons. The van der Waals surface area contributed by atoms with Crippen LogP contribution in [-0.2, 0) is 9.31 Å². The van der Waals surface area contributed by atoms with Crippen LogP contribution in [-0.4, -0.2) is 29.2 Å². The summed E-state index contributed by atoms with van der Waals surface area (Å²) in [5.74, 6) is -3.37. The summed E-state index contributed by atoms with van der Waals surface area (Å²) in [7, 11) is -0.533. The molecule has 3 nitrogen and oxygen atoms in total. The Labute approximate surface area is 117 Å². The first kappa shape index (κ1) is 14.0. The van der Waals surface area contributed by atoms with E-state index < -0.39 is 30.2 Å². The van der Waals surface area contributed by atoms with Crippen molar-refractivity contribution in [1.82, 2.24) is 4.98 Å². The van der Waals surface area contributed by atoms with Gasteiger partial charge in [0.25, 0.3) is 5.92 Å². The standard InChI is InChI=1S/C14H18BF2NO2/c1-12(2)13(3,4)20-15(19-12)9-5-6-18-11(7-9)10-8-14(10,16)17/h5-7,10H,8H2,1-4H3. The molecule has 20 heavy (non-hydrogen) atoms. The van der Waals surface area contributed by atoms with E-state index in [1.165, 1.54) is 0 Å². The highest BCUT2D eigenvalue weighted by Gasteiger charge is 2.59. The Morgan fingerprint density at radius 2 is 1.75 bits per heavy atom. The van der Waals surface area contributed by atoms with Gasteiger partial charge in [-0.05, 0) is 45.3 Å². The number of pyridine rings is 1. The molecule has 1 atom stereocenters. The average Bonchev–Trinajstić information content (AvgIpc) is 2.90.